The van der Waals surface area contributed by atoms with Gasteiger partial charge in [-0.05, 0) is 53.2 Å². The largest absolute Gasteiger partial charge is 0.399 e. The highest BCUT2D eigenvalue weighted by molar-refractivity contribution is 9.11. The molecule has 1 aromatic heterocycles. The predicted octanol–water partition coefficient (Wildman–Crippen LogP) is 3.34. The van der Waals surface area contributed by atoms with Gasteiger partial charge in [-0.15, -0.1) is 11.3 Å². The molecule has 0 fully saturated rings. The number of nitrogens with zero attached hydrogens (tertiary/aromatic N) is 1. The van der Waals surface area contributed by atoms with Gasteiger partial charge in [0.05, 0.1) is 10.3 Å². The Morgan fingerprint density at radius 2 is 1.90 bits per heavy atom. The summed E-state index contributed by atoms with van der Waals surface area (Å²) in [5.74, 6) is -0.0592. The van der Waals surface area contributed by atoms with E-state index in [1.54, 1.807) is 34.4 Å². The van der Waals surface area contributed by atoms with Crippen LogP contribution in [-0.2, 0) is 6.54 Å². The minimum absolute atomic E-state index is 0.0592. The second kappa shape index (κ2) is 6.28. The molecule has 4 nitrogen and oxygen atoms in total. The Balaban J connectivity index is 2.20. The lowest BCUT2D eigenvalue weighted by molar-refractivity contribution is 0.0754. The molecule has 0 aliphatic rings. The molecular weight excluding hydrogens is 338 g/mol. The summed E-state index contributed by atoms with van der Waals surface area (Å²) in [5.41, 5.74) is 13.0. The van der Waals surface area contributed by atoms with E-state index in [1.165, 1.54) is 0 Å². The van der Waals surface area contributed by atoms with Crippen molar-refractivity contribution >= 4 is 44.5 Å². The third-order valence-corrected chi connectivity index (χ3v) is 4.48. The molecule has 0 radical (unpaired) electrons. The molecule has 6 heteroatoms. The van der Waals surface area contributed by atoms with E-state index >= 15 is 0 Å². The number of amides is 1. The number of rotatable bonds is 4. The summed E-state index contributed by atoms with van der Waals surface area (Å²) >= 11 is 5.05. The number of halogens is 1. The van der Waals surface area contributed by atoms with E-state index in [-0.39, 0.29) is 5.91 Å². The van der Waals surface area contributed by atoms with Crippen molar-refractivity contribution in [3.8, 4) is 0 Å². The van der Waals surface area contributed by atoms with Crippen molar-refractivity contribution in [1.29, 1.82) is 0 Å². The molecule has 1 amide bonds. The van der Waals surface area contributed by atoms with Crippen molar-refractivity contribution < 1.29 is 4.79 Å². The van der Waals surface area contributed by atoms with Gasteiger partial charge in [0.1, 0.15) is 0 Å². The molecular formula is C14H16BrN3OS. The van der Waals surface area contributed by atoms with Crippen LogP contribution in [0.4, 0.5) is 11.4 Å². The van der Waals surface area contributed by atoms with E-state index in [1.807, 2.05) is 19.1 Å². The molecule has 106 valence electrons. The maximum absolute atomic E-state index is 12.5. The second-order valence-corrected chi connectivity index (χ2v) is 6.96. The SMILES string of the molecule is CCN(Cc1ccc(Br)s1)C(=O)c1cc(N)cc(N)c1. The number of benzene rings is 1. The number of thiophene rings is 1. The highest BCUT2D eigenvalue weighted by Gasteiger charge is 2.16. The molecule has 2 aromatic rings. The zero-order chi connectivity index (χ0) is 14.7. The molecule has 1 heterocycles. The van der Waals surface area contributed by atoms with Crippen LogP contribution in [0.3, 0.4) is 0 Å². The molecule has 0 unspecified atom stereocenters. The normalized spacial score (nSPS) is 10.5. The van der Waals surface area contributed by atoms with Gasteiger partial charge in [-0.25, -0.2) is 0 Å². The summed E-state index contributed by atoms with van der Waals surface area (Å²) < 4.78 is 1.06. The maximum Gasteiger partial charge on any atom is 0.254 e. The molecule has 0 saturated carbocycles. The topological polar surface area (TPSA) is 72.3 Å². The van der Waals surface area contributed by atoms with Crippen molar-refractivity contribution in [3.05, 3.63) is 44.6 Å². The second-order valence-electron chi connectivity index (χ2n) is 4.41. The minimum atomic E-state index is -0.0592. The summed E-state index contributed by atoms with van der Waals surface area (Å²) in [4.78, 5) is 15.4. The highest BCUT2D eigenvalue weighted by Crippen LogP contribution is 2.24. The van der Waals surface area contributed by atoms with Crippen LogP contribution in [0.15, 0.2) is 34.1 Å². The summed E-state index contributed by atoms with van der Waals surface area (Å²) in [7, 11) is 0. The van der Waals surface area contributed by atoms with E-state index in [9.17, 15) is 4.79 Å². The van der Waals surface area contributed by atoms with Crippen molar-refractivity contribution in [2.75, 3.05) is 18.0 Å². The number of nitrogens with two attached hydrogens (primary N) is 2. The monoisotopic (exact) mass is 353 g/mol. The van der Waals surface area contributed by atoms with Gasteiger partial charge in [-0.2, -0.15) is 0 Å². The Morgan fingerprint density at radius 1 is 1.25 bits per heavy atom. The molecule has 1 aromatic carbocycles. The smallest absolute Gasteiger partial charge is 0.254 e. The van der Waals surface area contributed by atoms with Crippen LogP contribution in [0.25, 0.3) is 0 Å². The van der Waals surface area contributed by atoms with Gasteiger partial charge in [0.2, 0.25) is 0 Å². The molecule has 20 heavy (non-hydrogen) atoms. The summed E-state index contributed by atoms with van der Waals surface area (Å²) in [6.45, 7) is 3.17. The lowest BCUT2D eigenvalue weighted by Gasteiger charge is -2.20. The van der Waals surface area contributed by atoms with Crippen LogP contribution in [-0.4, -0.2) is 17.4 Å². The number of nitrogen functional groups attached to an aromatic ring is 2. The average Bonchev–Trinajstić information content (AvgIpc) is 2.79. The van der Waals surface area contributed by atoms with Crippen LogP contribution in [0.1, 0.15) is 22.2 Å². The Labute approximate surface area is 130 Å². The number of anilines is 2. The van der Waals surface area contributed by atoms with Crippen LogP contribution >= 0.6 is 27.3 Å². The zero-order valence-electron chi connectivity index (χ0n) is 11.1. The first kappa shape index (κ1) is 14.9. The molecule has 0 aliphatic heterocycles. The zero-order valence-corrected chi connectivity index (χ0v) is 13.5. The van der Waals surface area contributed by atoms with E-state index < -0.39 is 0 Å². The van der Waals surface area contributed by atoms with Gasteiger partial charge in [0.25, 0.3) is 5.91 Å². The van der Waals surface area contributed by atoms with Crippen molar-refractivity contribution in [2.24, 2.45) is 0 Å². The van der Waals surface area contributed by atoms with Gasteiger partial charge < -0.3 is 16.4 Å². The van der Waals surface area contributed by atoms with Gasteiger partial charge in [-0.1, -0.05) is 0 Å². The Bertz CT molecular complexity index is 606. The molecule has 0 bridgehead atoms. The molecule has 4 N–H and O–H groups in total. The standard InChI is InChI=1S/C14H16BrN3OS/c1-2-18(8-12-3-4-13(15)20-12)14(19)9-5-10(16)7-11(17)6-9/h3-7H,2,8,16-17H2,1H3. The van der Waals surface area contributed by atoms with Crippen LogP contribution in [0.5, 0.6) is 0 Å². The quantitative estimate of drug-likeness (QED) is 0.828. The first-order valence-corrected chi connectivity index (χ1v) is 7.80. The summed E-state index contributed by atoms with van der Waals surface area (Å²) in [6.07, 6.45) is 0. The van der Waals surface area contributed by atoms with E-state index in [2.05, 4.69) is 15.9 Å². The maximum atomic E-state index is 12.5. The Kier molecular flexibility index (Phi) is 4.67. The van der Waals surface area contributed by atoms with Crippen molar-refractivity contribution in [3.63, 3.8) is 0 Å². The molecule has 0 aliphatic carbocycles. The van der Waals surface area contributed by atoms with Gasteiger partial charge in [0, 0.05) is 28.4 Å². The van der Waals surface area contributed by atoms with E-state index in [4.69, 9.17) is 11.5 Å². The van der Waals surface area contributed by atoms with Crippen molar-refractivity contribution in [2.45, 2.75) is 13.5 Å². The van der Waals surface area contributed by atoms with Gasteiger partial charge in [0.15, 0.2) is 0 Å². The number of hydrogen-bond acceptors (Lipinski definition) is 4. The van der Waals surface area contributed by atoms with Crippen molar-refractivity contribution in [1.82, 2.24) is 4.90 Å². The first-order valence-electron chi connectivity index (χ1n) is 6.19. The first-order chi connectivity index (χ1) is 9.49. The fourth-order valence-corrected chi connectivity index (χ4v) is 3.43. The van der Waals surface area contributed by atoms with Crippen LogP contribution in [0.2, 0.25) is 0 Å². The minimum Gasteiger partial charge on any atom is -0.399 e. The number of carbonyl (C=O) groups is 1. The summed E-state index contributed by atoms with van der Waals surface area (Å²) in [6, 6.07) is 8.95. The molecule has 0 atom stereocenters. The average molecular weight is 354 g/mol. The van der Waals surface area contributed by atoms with E-state index in [0.717, 1.165) is 8.66 Å². The third-order valence-electron chi connectivity index (χ3n) is 2.87. The predicted molar refractivity (Wildman–Crippen MR) is 87.7 cm³/mol. The van der Waals surface area contributed by atoms with E-state index in [0.29, 0.717) is 30.0 Å². The van der Waals surface area contributed by atoms with Crippen LogP contribution < -0.4 is 11.5 Å². The third kappa shape index (κ3) is 3.52. The molecule has 2 rings (SSSR count). The molecule has 0 saturated heterocycles. The number of hydrogen-bond donors (Lipinski definition) is 2. The summed E-state index contributed by atoms with van der Waals surface area (Å²) in [5, 5.41) is 0. The Morgan fingerprint density at radius 3 is 2.40 bits per heavy atom. The molecule has 0 spiro atoms. The van der Waals surface area contributed by atoms with Gasteiger partial charge in [-0.3, -0.25) is 4.79 Å². The lowest BCUT2D eigenvalue weighted by Crippen LogP contribution is -2.30. The Hall–Kier alpha value is -1.53. The fourth-order valence-electron chi connectivity index (χ4n) is 1.93. The lowest BCUT2D eigenvalue weighted by atomic mass is 10.1. The van der Waals surface area contributed by atoms with Gasteiger partial charge >= 0.3 is 0 Å². The highest BCUT2D eigenvalue weighted by atomic mass is 79.9. The fraction of sp³-hybridized carbons (Fsp3) is 0.214. The number of carbonyl (C=O) groups excluding carboxylic acids is 1. The van der Waals surface area contributed by atoms with Crippen LogP contribution in [0, 0.1) is 0 Å².